The van der Waals surface area contributed by atoms with Gasteiger partial charge in [0.25, 0.3) is 0 Å². The number of carbonyl (C=O) groups excluding carboxylic acids is 1. The highest BCUT2D eigenvalue weighted by Crippen LogP contribution is 2.19. The van der Waals surface area contributed by atoms with Crippen LogP contribution in [0.4, 0.5) is 0 Å². The number of carbonyl (C=O) groups is 1. The normalized spacial score (nSPS) is 39.8. The zero-order valence-electron chi connectivity index (χ0n) is 9.35. The topological polar surface area (TPSA) is 145 Å². The summed E-state index contributed by atoms with van der Waals surface area (Å²) >= 11 is 0. The van der Waals surface area contributed by atoms with Gasteiger partial charge in [-0.25, -0.2) is 0 Å². The van der Waals surface area contributed by atoms with Gasteiger partial charge in [0.2, 0.25) is 5.91 Å². The Morgan fingerprint density at radius 3 is 2.47 bits per heavy atom. The zero-order chi connectivity index (χ0) is 13.2. The highest BCUT2D eigenvalue weighted by Gasteiger charge is 2.44. The molecule has 1 aliphatic heterocycles. The molecule has 0 spiro atoms. The van der Waals surface area contributed by atoms with Crippen LogP contribution in [0.2, 0.25) is 0 Å². The van der Waals surface area contributed by atoms with E-state index in [2.05, 4.69) is 5.32 Å². The van der Waals surface area contributed by atoms with Crippen molar-refractivity contribution in [2.75, 3.05) is 6.61 Å². The molecule has 1 saturated heterocycles. The maximum absolute atomic E-state index is 11.3. The molecule has 1 heterocycles. The van der Waals surface area contributed by atoms with Crippen molar-refractivity contribution in [2.24, 2.45) is 5.73 Å². The summed E-state index contributed by atoms with van der Waals surface area (Å²) in [6, 6.07) is -2.01. The molecule has 1 rings (SSSR count). The summed E-state index contributed by atoms with van der Waals surface area (Å²) in [7, 11) is 0. The Balaban J connectivity index is 2.69. The van der Waals surface area contributed by atoms with Gasteiger partial charge in [-0.15, -0.1) is 0 Å². The average Bonchev–Trinajstić information content (AvgIpc) is 2.28. The van der Waals surface area contributed by atoms with Crippen LogP contribution in [0, 0.1) is 0 Å². The van der Waals surface area contributed by atoms with Crippen molar-refractivity contribution in [3.05, 3.63) is 0 Å². The van der Waals surface area contributed by atoms with Crippen LogP contribution in [0.3, 0.4) is 0 Å². The molecule has 100 valence electrons. The third-order valence-corrected chi connectivity index (χ3v) is 2.62. The first-order chi connectivity index (χ1) is 7.88. The minimum absolute atomic E-state index is 0.552. The number of rotatable bonds is 3. The van der Waals surface area contributed by atoms with Crippen LogP contribution < -0.4 is 11.1 Å². The SMILES string of the molecule is CC(N)C(=O)NC1[C@H](O)OC(CO)[C@@H](O)[C@H]1O. The maximum atomic E-state index is 11.3. The summed E-state index contributed by atoms with van der Waals surface area (Å²) in [6.07, 6.45) is -5.46. The van der Waals surface area contributed by atoms with Crippen molar-refractivity contribution in [3.63, 3.8) is 0 Å². The smallest absolute Gasteiger partial charge is 0.237 e. The molecule has 0 saturated carbocycles. The molecule has 8 heteroatoms. The molecular formula is C9H18N2O6. The molecule has 6 atom stereocenters. The molecular weight excluding hydrogens is 232 g/mol. The summed E-state index contributed by atoms with van der Waals surface area (Å²) in [5, 5.41) is 39.9. The van der Waals surface area contributed by atoms with Crippen molar-refractivity contribution < 1.29 is 30.0 Å². The van der Waals surface area contributed by atoms with Gasteiger partial charge in [-0.2, -0.15) is 0 Å². The number of nitrogens with two attached hydrogens (primary N) is 1. The predicted molar refractivity (Wildman–Crippen MR) is 55.6 cm³/mol. The molecule has 0 aliphatic carbocycles. The van der Waals surface area contributed by atoms with E-state index in [1.165, 1.54) is 6.92 Å². The van der Waals surface area contributed by atoms with Crippen molar-refractivity contribution in [1.29, 1.82) is 0 Å². The molecule has 0 radical (unpaired) electrons. The lowest BCUT2D eigenvalue weighted by Crippen LogP contribution is -2.65. The van der Waals surface area contributed by atoms with Gasteiger partial charge in [0.05, 0.1) is 12.6 Å². The molecule has 17 heavy (non-hydrogen) atoms. The van der Waals surface area contributed by atoms with E-state index in [4.69, 9.17) is 15.6 Å². The second-order valence-electron chi connectivity index (χ2n) is 4.05. The van der Waals surface area contributed by atoms with Gasteiger partial charge < -0.3 is 36.2 Å². The van der Waals surface area contributed by atoms with Crippen molar-refractivity contribution in [3.8, 4) is 0 Å². The molecule has 1 aliphatic rings. The van der Waals surface area contributed by atoms with Gasteiger partial charge in [0, 0.05) is 0 Å². The Hall–Kier alpha value is -0.770. The van der Waals surface area contributed by atoms with Gasteiger partial charge in [0.15, 0.2) is 6.29 Å². The number of hydrogen-bond donors (Lipinski definition) is 6. The largest absolute Gasteiger partial charge is 0.394 e. The van der Waals surface area contributed by atoms with E-state index >= 15 is 0 Å². The van der Waals surface area contributed by atoms with E-state index in [0.717, 1.165) is 0 Å². The number of amides is 1. The molecule has 1 amide bonds. The minimum atomic E-state index is -1.52. The first-order valence-corrected chi connectivity index (χ1v) is 5.25. The number of nitrogens with one attached hydrogen (secondary N) is 1. The van der Waals surface area contributed by atoms with E-state index in [1.54, 1.807) is 0 Å². The Kier molecular flexibility index (Phi) is 4.80. The van der Waals surface area contributed by atoms with E-state index in [-0.39, 0.29) is 0 Å². The summed E-state index contributed by atoms with van der Waals surface area (Å²) in [5.41, 5.74) is 5.31. The van der Waals surface area contributed by atoms with Gasteiger partial charge in [-0.05, 0) is 6.92 Å². The Bertz CT molecular complexity index is 274. The summed E-state index contributed by atoms with van der Waals surface area (Å²) < 4.78 is 4.85. The van der Waals surface area contributed by atoms with Crippen LogP contribution in [0.25, 0.3) is 0 Å². The standard InChI is InChI=1S/C9H18N2O6/c1-3(10)8(15)11-5-7(14)6(13)4(2-12)17-9(5)16/h3-7,9,12-14,16H,2,10H2,1H3,(H,11,15)/t3?,4?,5?,6-,7+,9-/m1/s1. The van der Waals surface area contributed by atoms with E-state index in [9.17, 15) is 20.1 Å². The number of ether oxygens (including phenoxy) is 1. The second-order valence-corrected chi connectivity index (χ2v) is 4.05. The van der Waals surface area contributed by atoms with Crippen LogP contribution >= 0.6 is 0 Å². The first kappa shape index (κ1) is 14.3. The lowest BCUT2D eigenvalue weighted by molar-refractivity contribution is -0.253. The molecule has 3 unspecified atom stereocenters. The fourth-order valence-corrected chi connectivity index (χ4v) is 1.55. The zero-order valence-corrected chi connectivity index (χ0v) is 9.35. The molecule has 0 bridgehead atoms. The van der Waals surface area contributed by atoms with Gasteiger partial charge in [-0.3, -0.25) is 4.79 Å². The summed E-state index contributed by atoms with van der Waals surface area (Å²) in [4.78, 5) is 11.3. The fourth-order valence-electron chi connectivity index (χ4n) is 1.55. The van der Waals surface area contributed by atoms with E-state index in [1.807, 2.05) is 0 Å². The van der Waals surface area contributed by atoms with Gasteiger partial charge in [-0.1, -0.05) is 0 Å². The van der Waals surface area contributed by atoms with E-state index < -0.39 is 49.2 Å². The van der Waals surface area contributed by atoms with Crippen LogP contribution in [-0.2, 0) is 9.53 Å². The predicted octanol–water partition coefficient (Wildman–Crippen LogP) is -3.75. The lowest BCUT2D eigenvalue weighted by Gasteiger charge is -2.40. The highest BCUT2D eigenvalue weighted by molar-refractivity contribution is 5.81. The molecule has 8 nitrogen and oxygen atoms in total. The second kappa shape index (κ2) is 5.71. The Morgan fingerprint density at radius 1 is 1.41 bits per heavy atom. The van der Waals surface area contributed by atoms with Crippen LogP contribution in [0.5, 0.6) is 0 Å². The average molecular weight is 250 g/mol. The molecule has 1 fully saturated rings. The van der Waals surface area contributed by atoms with Crippen LogP contribution in [0.1, 0.15) is 6.92 Å². The lowest BCUT2D eigenvalue weighted by atomic mass is 9.97. The van der Waals surface area contributed by atoms with Crippen molar-refractivity contribution in [2.45, 2.75) is 43.6 Å². The quantitative estimate of drug-likeness (QED) is 0.302. The first-order valence-electron chi connectivity index (χ1n) is 5.25. The van der Waals surface area contributed by atoms with Crippen molar-refractivity contribution >= 4 is 5.91 Å². The van der Waals surface area contributed by atoms with Crippen LogP contribution in [-0.4, -0.2) is 69.6 Å². The maximum Gasteiger partial charge on any atom is 0.237 e. The molecule has 0 aromatic heterocycles. The number of aliphatic hydroxyl groups excluding tert-OH is 4. The summed E-state index contributed by atoms with van der Waals surface area (Å²) in [6.45, 7) is 0.883. The number of aliphatic hydroxyl groups is 4. The Labute approximate surface area is 98.0 Å². The fraction of sp³-hybridized carbons (Fsp3) is 0.889. The minimum Gasteiger partial charge on any atom is -0.394 e. The van der Waals surface area contributed by atoms with Gasteiger partial charge >= 0.3 is 0 Å². The van der Waals surface area contributed by atoms with E-state index in [0.29, 0.717) is 0 Å². The number of hydrogen-bond acceptors (Lipinski definition) is 7. The van der Waals surface area contributed by atoms with Gasteiger partial charge in [0.1, 0.15) is 24.4 Å². The van der Waals surface area contributed by atoms with Crippen LogP contribution in [0.15, 0.2) is 0 Å². The monoisotopic (exact) mass is 250 g/mol. The Morgan fingerprint density at radius 2 is 2.00 bits per heavy atom. The molecule has 7 N–H and O–H groups in total. The highest BCUT2D eigenvalue weighted by atomic mass is 16.6. The summed E-state index contributed by atoms with van der Waals surface area (Å²) in [5.74, 6) is -0.591. The van der Waals surface area contributed by atoms with Crippen molar-refractivity contribution in [1.82, 2.24) is 5.32 Å². The molecule has 0 aromatic carbocycles. The molecule has 0 aromatic rings. The third kappa shape index (κ3) is 3.12. The third-order valence-electron chi connectivity index (χ3n) is 2.62.